The largest absolute Gasteiger partial charge is 0.370 e. The van der Waals surface area contributed by atoms with Gasteiger partial charge >= 0.3 is 0 Å². The molecular weight excluding hydrogens is 240 g/mol. The lowest BCUT2D eigenvalue weighted by Crippen LogP contribution is -2.32. The van der Waals surface area contributed by atoms with E-state index in [1.165, 1.54) is 12.8 Å². The number of ether oxygens (including phenoxy) is 3. The minimum atomic E-state index is 0.271. The fourth-order valence-electron chi connectivity index (χ4n) is 2.48. The van der Waals surface area contributed by atoms with Crippen molar-refractivity contribution in [2.75, 3.05) is 13.2 Å². The van der Waals surface area contributed by atoms with Gasteiger partial charge in [-0.15, -0.1) is 0 Å². The van der Waals surface area contributed by atoms with Gasteiger partial charge in [0.1, 0.15) is 12.2 Å². The molecule has 2 saturated heterocycles. The third-order valence-corrected chi connectivity index (χ3v) is 4.56. The SMILES string of the molecule is CCC(C)CC(OC(CC(C)CC)C1CO1)C1CO1. The van der Waals surface area contributed by atoms with E-state index in [0.29, 0.717) is 24.0 Å². The Morgan fingerprint density at radius 1 is 0.895 bits per heavy atom. The Hall–Kier alpha value is -0.120. The predicted molar refractivity (Wildman–Crippen MR) is 76.3 cm³/mol. The van der Waals surface area contributed by atoms with E-state index in [9.17, 15) is 0 Å². The lowest BCUT2D eigenvalue weighted by Gasteiger charge is -2.26. The molecule has 6 unspecified atom stereocenters. The fourth-order valence-corrected chi connectivity index (χ4v) is 2.48. The maximum absolute atomic E-state index is 6.39. The van der Waals surface area contributed by atoms with Gasteiger partial charge in [0.25, 0.3) is 0 Å². The van der Waals surface area contributed by atoms with Gasteiger partial charge < -0.3 is 14.2 Å². The van der Waals surface area contributed by atoms with Crippen LogP contribution in [0.5, 0.6) is 0 Å². The van der Waals surface area contributed by atoms with Crippen LogP contribution in [-0.2, 0) is 14.2 Å². The minimum Gasteiger partial charge on any atom is -0.370 e. The van der Waals surface area contributed by atoms with Gasteiger partial charge in [-0.3, -0.25) is 0 Å². The Bertz CT molecular complexity index is 235. The molecule has 3 heteroatoms. The van der Waals surface area contributed by atoms with E-state index in [2.05, 4.69) is 27.7 Å². The number of hydrogen-bond donors (Lipinski definition) is 0. The van der Waals surface area contributed by atoms with Crippen molar-refractivity contribution in [3.63, 3.8) is 0 Å². The van der Waals surface area contributed by atoms with Crippen LogP contribution in [0.2, 0.25) is 0 Å². The molecule has 0 aromatic carbocycles. The summed E-state index contributed by atoms with van der Waals surface area (Å²) in [5.41, 5.74) is 0. The van der Waals surface area contributed by atoms with Gasteiger partial charge in [0.2, 0.25) is 0 Å². The Morgan fingerprint density at radius 3 is 1.53 bits per heavy atom. The molecular formula is C16H30O3. The summed E-state index contributed by atoms with van der Waals surface area (Å²) < 4.78 is 17.4. The van der Waals surface area contributed by atoms with Gasteiger partial charge in [0.15, 0.2) is 0 Å². The first-order valence-electron chi connectivity index (χ1n) is 8.02. The van der Waals surface area contributed by atoms with Crippen molar-refractivity contribution in [3.8, 4) is 0 Å². The van der Waals surface area contributed by atoms with Gasteiger partial charge in [-0.1, -0.05) is 40.5 Å². The van der Waals surface area contributed by atoms with E-state index in [1.807, 2.05) is 0 Å². The second-order valence-electron chi connectivity index (χ2n) is 6.45. The highest BCUT2D eigenvalue weighted by molar-refractivity contribution is 4.87. The molecule has 19 heavy (non-hydrogen) atoms. The normalized spacial score (nSPS) is 31.6. The third kappa shape index (κ3) is 5.05. The summed E-state index contributed by atoms with van der Waals surface area (Å²) in [5.74, 6) is 1.41. The summed E-state index contributed by atoms with van der Waals surface area (Å²) in [5, 5.41) is 0. The maximum Gasteiger partial charge on any atom is 0.107 e. The molecule has 6 atom stereocenters. The summed E-state index contributed by atoms with van der Waals surface area (Å²) in [4.78, 5) is 0. The molecule has 0 saturated carbocycles. The summed E-state index contributed by atoms with van der Waals surface area (Å²) in [6.07, 6.45) is 5.88. The van der Waals surface area contributed by atoms with Crippen molar-refractivity contribution in [1.29, 1.82) is 0 Å². The summed E-state index contributed by atoms with van der Waals surface area (Å²) in [6, 6.07) is 0. The van der Waals surface area contributed by atoms with E-state index in [4.69, 9.17) is 14.2 Å². The first-order valence-corrected chi connectivity index (χ1v) is 8.02. The van der Waals surface area contributed by atoms with Crippen molar-refractivity contribution in [3.05, 3.63) is 0 Å². The predicted octanol–water partition coefficient (Wildman–Crippen LogP) is 3.41. The molecule has 0 aromatic rings. The molecule has 3 nitrogen and oxygen atoms in total. The van der Waals surface area contributed by atoms with E-state index >= 15 is 0 Å². The second kappa shape index (κ2) is 7.05. The highest BCUT2D eigenvalue weighted by atomic mass is 16.6. The van der Waals surface area contributed by atoms with Gasteiger partial charge in [-0.2, -0.15) is 0 Å². The van der Waals surface area contributed by atoms with Gasteiger partial charge in [0.05, 0.1) is 25.4 Å². The molecule has 2 fully saturated rings. The van der Waals surface area contributed by atoms with Gasteiger partial charge in [-0.05, 0) is 24.7 Å². The van der Waals surface area contributed by atoms with Crippen LogP contribution in [0, 0.1) is 11.8 Å². The lowest BCUT2D eigenvalue weighted by molar-refractivity contribution is -0.0564. The monoisotopic (exact) mass is 270 g/mol. The molecule has 2 aliphatic heterocycles. The Morgan fingerprint density at radius 2 is 1.26 bits per heavy atom. The molecule has 2 rings (SSSR count). The molecule has 0 radical (unpaired) electrons. The van der Waals surface area contributed by atoms with Crippen LogP contribution < -0.4 is 0 Å². The highest BCUT2D eigenvalue weighted by Crippen LogP contribution is 2.31. The Kier molecular flexibility index (Phi) is 5.67. The maximum atomic E-state index is 6.39. The lowest BCUT2D eigenvalue weighted by atomic mass is 9.97. The first-order chi connectivity index (χ1) is 9.13. The molecule has 0 aromatic heterocycles. The Labute approximate surface area is 118 Å². The molecule has 2 aliphatic rings. The van der Waals surface area contributed by atoms with Crippen molar-refractivity contribution in [1.82, 2.24) is 0 Å². The van der Waals surface area contributed by atoms with Crippen LogP contribution in [0.4, 0.5) is 0 Å². The van der Waals surface area contributed by atoms with Crippen LogP contribution in [0.15, 0.2) is 0 Å². The van der Waals surface area contributed by atoms with Crippen LogP contribution in [0.25, 0.3) is 0 Å². The quantitative estimate of drug-likeness (QED) is 0.571. The second-order valence-corrected chi connectivity index (χ2v) is 6.45. The standard InChI is InChI=1S/C16H30O3/c1-5-11(3)7-13(15-9-17-15)19-14(16-10-18-16)8-12(4)6-2/h11-16H,5-10H2,1-4H3. The first kappa shape index (κ1) is 15.3. The number of epoxide rings is 2. The summed E-state index contributed by atoms with van der Waals surface area (Å²) in [7, 11) is 0. The average Bonchev–Trinajstić information content (AvgIpc) is 3.28. The third-order valence-electron chi connectivity index (χ3n) is 4.56. The van der Waals surface area contributed by atoms with Crippen LogP contribution in [-0.4, -0.2) is 37.6 Å². The molecule has 0 amide bonds. The zero-order chi connectivity index (χ0) is 13.8. The van der Waals surface area contributed by atoms with Crippen LogP contribution in [0.3, 0.4) is 0 Å². The van der Waals surface area contributed by atoms with Crippen molar-refractivity contribution in [2.45, 2.75) is 77.8 Å². The summed E-state index contributed by atoms with van der Waals surface area (Å²) >= 11 is 0. The molecule has 2 heterocycles. The van der Waals surface area contributed by atoms with Crippen molar-refractivity contribution < 1.29 is 14.2 Å². The van der Waals surface area contributed by atoms with E-state index in [-0.39, 0.29) is 12.2 Å². The zero-order valence-corrected chi connectivity index (χ0v) is 12.9. The molecule has 0 N–H and O–H groups in total. The highest BCUT2D eigenvalue weighted by Gasteiger charge is 2.41. The Balaban J connectivity index is 1.85. The van der Waals surface area contributed by atoms with Crippen molar-refractivity contribution >= 4 is 0 Å². The molecule has 112 valence electrons. The zero-order valence-electron chi connectivity index (χ0n) is 12.9. The fraction of sp³-hybridized carbons (Fsp3) is 1.00. The van der Waals surface area contributed by atoms with E-state index in [1.54, 1.807) is 0 Å². The molecule has 0 bridgehead atoms. The van der Waals surface area contributed by atoms with Crippen LogP contribution in [0.1, 0.15) is 53.4 Å². The smallest absolute Gasteiger partial charge is 0.107 e. The topological polar surface area (TPSA) is 34.3 Å². The van der Waals surface area contributed by atoms with Crippen molar-refractivity contribution in [2.24, 2.45) is 11.8 Å². The van der Waals surface area contributed by atoms with E-state index < -0.39 is 0 Å². The average molecular weight is 270 g/mol. The summed E-state index contributed by atoms with van der Waals surface area (Å²) in [6.45, 7) is 10.9. The number of hydrogen-bond acceptors (Lipinski definition) is 3. The molecule has 0 aliphatic carbocycles. The molecule has 0 spiro atoms. The van der Waals surface area contributed by atoms with Gasteiger partial charge in [-0.25, -0.2) is 0 Å². The van der Waals surface area contributed by atoms with Crippen LogP contribution >= 0.6 is 0 Å². The minimum absolute atomic E-state index is 0.271. The van der Waals surface area contributed by atoms with E-state index in [0.717, 1.165) is 26.1 Å². The van der Waals surface area contributed by atoms with Gasteiger partial charge in [0, 0.05) is 0 Å². The number of rotatable bonds is 10.